The van der Waals surface area contributed by atoms with Gasteiger partial charge in [-0.1, -0.05) is 20.8 Å². The number of hydrogen-bond acceptors (Lipinski definition) is 8. The summed E-state index contributed by atoms with van der Waals surface area (Å²) in [6.07, 6.45) is -5.29. The van der Waals surface area contributed by atoms with Crippen LogP contribution >= 0.6 is 0 Å². The third-order valence-corrected chi connectivity index (χ3v) is 6.45. The van der Waals surface area contributed by atoms with E-state index in [1.807, 2.05) is 40.9 Å². The van der Waals surface area contributed by atoms with Crippen LogP contribution in [0.2, 0.25) is 0 Å². The molecular weight excluding hydrogens is 543 g/mol. The number of anilines is 2. The third-order valence-electron chi connectivity index (χ3n) is 6.45. The number of rotatable bonds is 8. The number of halogens is 3. The first kappa shape index (κ1) is 31.1. The molecule has 13 heteroatoms. The van der Waals surface area contributed by atoms with Crippen molar-refractivity contribution >= 4 is 40.8 Å². The third kappa shape index (κ3) is 7.02. The number of fused-ring (bicyclic) bond motifs is 1. The van der Waals surface area contributed by atoms with Crippen LogP contribution in [0.15, 0.2) is 30.3 Å². The fourth-order valence-electron chi connectivity index (χ4n) is 4.38. The Morgan fingerprint density at radius 2 is 1.73 bits per heavy atom. The van der Waals surface area contributed by atoms with E-state index in [4.69, 9.17) is 5.41 Å². The first-order valence-electron chi connectivity index (χ1n) is 12.6. The highest BCUT2D eigenvalue weighted by atomic mass is 19.4. The molecule has 1 aliphatic rings. The summed E-state index contributed by atoms with van der Waals surface area (Å²) in [5.41, 5.74) is 3.25. The number of Topliss-reactive ketones (excluding diaryl/α,β-unsaturated/α-hetero) is 1. The Hall–Kier alpha value is -4.42. The molecule has 0 spiro atoms. The van der Waals surface area contributed by atoms with E-state index in [9.17, 15) is 32.3 Å². The standard InChI is InChI=1S/C28H32F3N5O5/c1-27(2,3)19-9-15(7-8-20(19)34-12-23(38)41-26(40)28(29,30)31)22(37)14-36-13-16-10-21(35(5)6)18(25(39)33-4)11-17(16)24(36)32/h7-11,32,34H,12-14H2,1-6H3,(H,33,39). The van der Waals surface area contributed by atoms with E-state index in [0.717, 1.165) is 5.56 Å². The molecule has 0 unspecified atom stereocenters. The van der Waals surface area contributed by atoms with Crippen LogP contribution in [-0.4, -0.2) is 74.8 Å². The minimum Gasteiger partial charge on any atom is -0.385 e. The molecule has 0 bridgehead atoms. The molecule has 0 aliphatic carbocycles. The van der Waals surface area contributed by atoms with Crippen LogP contribution in [0.5, 0.6) is 0 Å². The highest BCUT2D eigenvalue weighted by Crippen LogP contribution is 2.33. The van der Waals surface area contributed by atoms with Gasteiger partial charge in [0.25, 0.3) is 5.91 Å². The van der Waals surface area contributed by atoms with Gasteiger partial charge in [-0.2, -0.15) is 13.2 Å². The van der Waals surface area contributed by atoms with E-state index in [1.54, 1.807) is 21.9 Å². The molecule has 3 N–H and O–H groups in total. The Morgan fingerprint density at radius 3 is 2.29 bits per heavy atom. The number of nitrogens with zero attached hydrogens (tertiary/aromatic N) is 2. The number of esters is 2. The molecule has 0 aromatic heterocycles. The number of alkyl halides is 3. The lowest BCUT2D eigenvalue weighted by Gasteiger charge is -2.24. The Balaban J connectivity index is 1.79. The van der Waals surface area contributed by atoms with Gasteiger partial charge in [-0.15, -0.1) is 0 Å². The maximum atomic E-state index is 13.3. The molecule has 1 amide bonds. The number of hydrogen-bond donors (Lipinski definition) is 3. The summed E-state index contributed by atoms with van der Waals surface area (Å²) < 4.78 is 40.9. The smallest absolute Gasteiger partial charge is 0.385 e. The first-order valence-corrected chi connectivity index (χ1v) is 12.6. The van der Waals surface area contributed by atoms with Gasteiger partial charge in [0, 0.05) is 50.2 Å². The fraction of sp³-hybridized carbons (Fsp3) is 0.393. The molecule has 3 rings (SSSR count). The molecule has 1 aliphatic heterocycles. The number of carbonyl (C=O) groups is 4. The normalized spacial score (nSPS) is 13.0. The van der Waals surface area contributed by atoms with Crippen LogP contribution in [-0.2, 0) is 26.3 Å². The first-order chi connectivity index (χ1) is 18.9. The largest absolute Gasteiger partial charge is 0.491 e. The lowest BCUT2D eigenvalue weighted by Crippen LogP contribution is -2.31. The van der Waals surface area contributed by atoms with Gasteiger partial charge in [-0.3, -0.25) is 15.0 Å². The summed E-state index contributed by atoms with van der Waals surface area (Å²) in [4.78, 5) is 51.8. The minimum absolute atomic E-state index is 0.109. The Morgan fingerprint density at radius 1 is 1.07 bits per heavy atom. The molecular formula is C28H32F3N5O5. The van der Waals surface area contributed by atoms with Crippen molar-refractivity contribution in [1.29, 1.82) is 5.41 Å². The van der Waals surface area contributed by atoms with E-state index in [-0.39, 0.29) is 24.1 Å². The summed E-state index contributed by atoms with van der Waals surface area (Å²) in [6.45, 7) is 5.06. The molecule has 41 heavy (non-hydrogen) atoms. The van der Waals surface area contributed by atoms with Gasteiger partial charge in [0.15, 0.2) is 5.78 Å². The van der Waals surface area contributed by atoms with Crippen LogP contribution in [0, 0.1) is 5.41 Å². The van der Waals surface area contributed by atoms with Crippen LogP contribution in [0.1, 0.15) is 58.2 Å². The zero-order chi connectivity index (χ0) is 30.9. The summed E-state index contributed by atoms with van der Waals surface area (Å²) in [5, 5.41) is 13.9. The number of ether oxygens (including phenoxy) is 1. The molecule has 0 atom stereocenters. The van der Waals surface area contributed by atoms with Crippen molar-refractivity contribution in [2.75, 3.05) is 44.4 Å². The maximum absolute atomic E-state index is 13.3. The number of amidine groups is 1. The molecule has 2 aromatic carbocycles. The van der Waals surface area contributed by atoms with Gasteiger partial charge >= 0.3 is 18.1 Å². The van der Waals surface area contributed by atoms with Crippen molar-refractivity contribution in [2.45, 2.75) is 38.9 Å². The zero-order valence-electron chi connectivity index (χ0n) is 23.6. The van der Waals surface area contributed by atoms with E-state index in [2.05, 4.69) is 15.4 Å². The molecule has 0 fully saturated rings. The molecule has 1 heterocycles. The molecule has 0 radical (unpaired) electrons. The monoisotopic (exact) mass is 575 g/mol. The molecule has 0 saturated heterocycles. The molecule has 0 saturated carbocycles. The van der Waals surface area contributed by atoms with Gasteiger partial charge in [-0.25, -0.2) is 9.59 Å². The Kier molecular flexibility index (Phi) is 8.80. The van der Waals surface area contributed by atoms with E-state index in [1.165, 1.54) is 19.2 Å². The van der Waals surface area contributed by atoms with Gasteiger partial charge < -0.3 is 25.2 Å². The van der Waals surface area contributed by atoms with Gasteiger partial charge in [0.2, 0.25) is 0 Å². The lowest BCUT2D eigenvalue weighted by atomic mass is 9.84. The van der Waals surface area contributed by atoms with Gasteiger partial charge in [0.05, 0.1) is 12.1 Å². The predicted molar refractivity (Wildman–Crippen MR) is 147 cm³/mol. The maximum Gasteiger partial charge on any atom is 0.491 e. The average molecular weight is 576 g/mol. The van der Waals surface area contributed by atoms with E-state index >= 15 is 0 Å². The zero-order valence-corrected chi connectivity index (χ0v) is 23.6. The van der Waals surface area contributed by atoms with Crippen LogP contribution in [0.4, 0.5) is 24.5 Å². The second kappa shape index (κ2) is 11.6. The number of ketones is 1. The fourth-order valence-corrected chi connectivity index (χ4v) is 4.38. The van der Waals surface area contributed by atoms with E-state index < -0.39 is 30.1 Å². The summed E-state index contributed by atoms with van der Waals surface area (Å²) in [7, 11) is 5.15. The van der Waals surface area contributed by atoms with Crippen molar-refractivity contribution in [3.8, 4) is 0 Å². The minimum atomic E-state index is -5.29. The van der Waals surface area contributed by atoms with Crippen molar-refractivity contribution in [3.05, 3.63) is 58.1 Å². The molecule has 220 valence electrons. The van der Waals surface area contributed by atoms with Crippen molar-refractivity contribution in [2.24, 2.45) is 0 Å². The number of benzene rings is 2. The van der Waals surface area contributed by atoms with Crippen molar-refractivity contribution in [3.63, 3.8) is 0 Å². The van der Waals surface area contributed by atoms with Gasteiger partial charge in [-0.05, 0) is 46.9 Å². The molecule has 2 aromatic rings. The van der Waals surface area contributed by atoms with Crippen molar-refractivity contribution in [1.82, 2.24) is 10.2 Å². The lowest BCUT2D eigenvalue weighted by molar-refractivity contribution is -0.201. The highest BCUT2D eigenvalue weighted by Gasteiger charge is 2.42. The van der Waals surface area contributed by atoms with Crippen molar-refractivity contribution < 1.29 is 37.1 Å². The van der Waals surface area contributed by atoms with Crippen LogP contribution < -0.4 is 15.5 Å². The predicted octanol–water partition coefficient (Wildman–Crippen LogP) is 3.48. The summed E-state index contributed by atoms with van der Waals surface area (Å²) >= 11 is 0. The molecule has 10 nitrogen and oxygen atoms in total. The Labute approximate surface area is 235 Å². The second-order valence-corrected chi connectivity index (χ2v) is 10.8. The number of amides is 1. The summed E-state index contributed by atoms with van der Waals surface area (Å²) in [6, 6.07) is 8.15. The Bertz CT molecular complexity index is 1410. The quantitative estimate of drug-likeness (QED) is 0.248. The number of carbonyl (C=O) groups excluding carboxylic acids is 4. The SMILES string of the molecule is CNC(=O)c1cc2c(cc1N(C)C)CN(CC(=O)c1ccc(NCC(=O)OC(=O)C(F)(F)F)c(C(C)(C)C)c1)C2=N. The topological polar surface area (TPSA) is 132 Å². The second-order valence-electron chi connectivity index (χ2n) is 10.8. The average Bonchev–Trinajstić information content (AvgIpc) is 3.18. The number of nitrogens with one attached hydrogen (secondary N) is 3. The van der Waals surface area contributed by atoms with Crippen LogP contribution in [0.25, 0.3) is 0 Å². The van der Waals surface area contributed by atoms with Crippen LogP contribution in [0.3, 0.4) is 0 Å². The van der Waals surface area contributed by atoms with Gasteiger partial charge in [0.1, 0.15) is 12.4 Å². The highest BCUT2D eigenvalue weighted by molar-refractivity contribution is 6.08. The van der Waals surface area contributed by atoms with E-state index in [0.29, 0.717) is 40.2 Å². The summed E-state index contributed by atoms with van der Waals surface area (Å²) in [5.74, 6) is -4.46.